The summed E-state index contributed by atoms with van der Waals surface area (Å²) in [5, 5.41) is 0. The summed E-state index contributed by atoms with van der Waals surface area (Å²) in [6, 6.07) is 0. The minimum absolute atomic E-state index is 0.0261. The van der Waals surface area contributed by atoms with Gasteiger partial charge in [-0.05, 0) is 0 Å². The fourth-order valence-electron chi connectivity index (χ4n) is 0.440. The zero-order valence-electron chi connectivity index (χ0n) is 7.61. The molecule has 0 saturated carbocycles. The predicted octanol–water partition coefficient (Wildman–Crippen LogP) is -0.579. The van der Waals surface area contributed by atoms with Crippen LogP contribution in [0.4, 0.5) is 4.79 Å². The molecule has 2 nitrogen and oxygen atoms in total. The van der Waals surface area contributed by atoms with Gasteiger partial charge in [-0.15, -0.1) is 0 Å². The van der Waals surface area contributed by atoms with Crippen molar-refractivity contribution in [2.75, 3.05) is 4.43 Å². The number of halogens is 1. The van der Waals surface area contributed by atoms with Crippen molar-refractivity contribution < 1.29 is 30.7 Å². The van der Waals surface area contributed by atoms with Gasteiger partial charge in [0, 0.05) is 0 Å². The van der Waals surface area contributed by atoms with Crippen LogP contribution in [0.5, 0.6) is 0 Å². The van der Waals surface area contributed by atoms with E-state index in [2.05, 4.69) is 6.92 Å². The summed E-state index contributed by atoms with van der Waals surface area (Å²) in [6.07, 6.45) is 1.09. The topological polar surface area (TPSA) is 26.3 Å². The first-order valence-electron chi connectivity index (χ1n) is 3.78. The van der Waals surface area contributed by atoms with Gasteiger partial charge in [0.15, 0.2) is 0 Å². The van der Waals surface area contributed by atoms with Crippen LogP contribution in [0.2, 0.25) is 0 Å². The SMILES string of the molecule is CCC[I-]C(=O)OC(C)(C)C. The summed E-state index contributed by atoms with van der Waals surface area (Å²) in [7, 11) is 0. The molecule has 0 unspecified atom stereocenters. The second-order valence-corrected chi connectivity index (χ2v) is 6.00. The summed E-state index contributed by atoms with van der Waals surface area (Å²) in [5.74, 6) is 0. The molecule has 11 heavy (non-hydrogen) atoms. The van der Waals surface area contributed by atoms with Gasteiger partial charge in [0.05, 0.1) is 0 Å². The molecule has 0 atom stereocenters. The van der Waals surface area contributed by atoms with Gasteiger partial charge in [-0.2, -0.15) is 0 Å². The van der Waals surface area contributed by atoms with Gasteiger partial charge in [0.1, 0.15) is 0 Å². The Hall–Kier alpha value is 0.200. The number of hydrogen-bond acceptors (Lipinski definition) is 2. The molecule has 0 rings (SSSR count). The van der Waals surface area contributed by atoms with Gasteiger partial charge < -0.3 is 0 Å². The summed E-state index contributed by atoms with van der Waals surface area (Å²) in [6.45, 7) is 7.80. The maximum absolute atomic E-state index is 11.0. The van der Waals surface area contributed by atoms with Gasteiger partial charge in [0.25, 0.3) is 0 Å². The second kappa shape index (κ2) is 4.95. The van der Waals surface area contributed by atoms with Crippen molar-refractivity contribution in [3.8, 4) is 0 Å². The Balaban J connectivity index is 3.53. The predicted molar refractivity (Wildman–Crippen MR) is 41.4 cm³/mol. The Morgan fingerprint density at radius 1 is 1.45 bits per heavy atom. The number of ether oxygens (including phenoxy) is 1. The van der Waals surface area contributed by atoms with Crippen molar-refractivity contribution in [1.29, 1.82) is 0 Å². The monoisotopic (exact) mass is 271 g/mol. The second-order valence-electron chi connectivity index (χ2n) is 3.27. The van der Waals surface area contributed by atoms with E-state index in [9.17, 15) is 4.79 Å². The Bertz CT molecular complexity index is 127. The molecular weight excluding hydrogens is 255 g/mol. The van der Waals surface area contributed by atoms with Crippen molar-refractivity contribution >= 4 is 3.98 Å². The third kappa shape index (κ3) is 8.10. The maximum atomic E-state index is 11.0. The van der Waals surface area contributed by atoms with Crippen LogP contribution < -0.4 is 21.2 Å². The average Bonchev–Trinajstić information content (AvgIpc) is 1.79. The summed E-state index contributed by atoms with van der Waals surface area (Å²) < 4.78 is 6.21. The van der Waals surface area contributed by atoms with Crippen LogP contribution in [0.15, 0.2) is 0 Å². The van der Waals surface area contributed by atoms with E-state index in [-0.39, 0.29) is 30.8 Å². The van der Waals surface area contributed by atoms with Crippen LogP contribution in [0.1, 0.15) is 34.1 Å². The van der Waals surface area contributed by atoms with Crippen molar-refractivity contribution in [1.82, 2.24) is 0 Å². The van der Waals surface area contributed by atoms with E-state index < -0.39 is 0 Å². The van der Waals surface area contributed by atoms with E-state index in [0.717, 1.165) is 10.8 Å². The molecule has 0 aromatic carbocycles. The first-order valence-corrected chi connectivity index (χ1v) is 6.38. The van der Waals surface area contributed by atoms with Crippen LogP contribution >= 0.6 is 0 Å². The number of rotatable bonds is 3. The van der Waals surface area contributed by atoms with Gasteiger partial charge >= 0.3 is 78.9 Å². The van der Waals surface area contributed by atoms with Gasteiger partial charge in [-0.3, -0.25) is 0 Å². The Labute approximate surface area is 79.0 Å². The van der Waals surface area contributed by atoms with E-state index in [1.807, 2.05) is 20.8 Å². The van der Waals surface area contributed by atoms with Gasteiger partial charge in [-0.25, -0.2) is 0 Å². The van der Waals surface area contributed by atoms with E-state index in [4.69, 9.17) is 4.74 Å². The van der Waals surface area contributed by atoms with Crippen LogP contribution in [-0.2, 0) is 4.74 Å². The van der Waals surface area contributed by atoms with Crippen LogP contribution in [-0.4, -0.2) is 14.0 Å². The summed E-state index contributed by atoms with van der Waals surface area (Å²) in [4.78, 5) is 11.0. The summed E-state index contributed by atoms with van der Waals surface area (Å²) >= 11 is -0.365. The standard InChI is InChI=1S/C8H16IO2/c1-5-6-9-7(10)11-8(2,3)4/h5-6H2,1-4H3/q-1. The molecule has 0 fully saturated rings. The van der Waals surface area contributed by atoms with Gasteiger partial charge in [-0.1, -0.05) is 0 Å². The van der Waals surface area contributed by atoms with E-state index in [1.165, 1.54) is 0 Å². The molecule has 0 aromatic rings. The third-order valence-corrected chi connectivity index (χ3v) is 3.24. The molecule has 0 aromatic heterocycles. The minimum atomic E-state index is -0.365. The van der Waals surface area contributed by atoms with E-state index >= 15 is 0 Å². The van der Waals surface area contributed by atoms with Crippen molar-refractivity contribution in [2.24, 2.45) is 0 Å². The van der Waals surface area contributed by atoms with E-state index in [1.54, 1.807) is 0 Å². The molecule has 0 aliphatic rings. The molecule has 0 N–H and O–H groups in total. The first-order chi connectivity index (χ1) is 4.95. The summed E-state index contributed by atoms with van der Waals surface area (Å²) in [5.41, 5.74) is -0.301. The van der Waals surface area contributed by atoms with Gasteiger partial charge in [0.2, 0.25) is 0 Å². The Kier molecular flexibility index (Phi) is 5.04. The molecular formula is C8H16IO2-. The third-order valence-electron chi connectivity index (χ3n) is 0.779. The zero-order valence-corrected chi connectivity index (χ0v) is 9.77. The number of carbonyl (C=O) groups is 1. The van der Waals surface area contributed by atoms with Crippen molar-refractivity contribution in [3.63, 3.8) is 0 Å². The van der Waals surface area contributed by atoms with Crippen LogP contribution in [0.25, 0.3) is 0 Å². The molecule has 0 heterocycles. The molecule has 68 valence electrons. The zero-order chi connectivity index (χ0) is 8.91. The first kappa shape index (κ1) is 11.2. The van der Waals surface area contributed by atoms with Crippen LogP contribution in [0, 0.1) is 0 Å². The number of alkyl halides is 1. The molecule has 0 aliphatic heterocycles. The molecule has 0 saturated heterocycles. The normalized spacial score (nSPS) is 11.6. The van der Waals surface area contributed by atoms with Crippen molar-refractivity contribution in [2.45, 2.75) is 39.7 Å². The molecule has 0 bridgehead atoms. The van der Waals surface area contributed by atoms with E-state index in [0.29, 0.717) is 0 Å². The Morgan fingerprint density at radius 2 is 2.00 bits per heavy atom. The quantitative estimate of drug-likeness (QED) is 0.390. The molecule has 3 heteroatoms. The molecule has 0 spiro atoms. The number of hydrogen-bond donors (Lipinski definition) is 0. The Morgan fingerprint density at radius 3 is 2.36 bits per heavy atom. The molecule has 0 aliphatic carbocycles. The van der Waals surface area contributed by atoms with Crippen LogP contribution in [0.3, 0.4) is 0 Å². The van der Waals surface area contributed by atoms with Crippen molar-refractivity contribution in [3.05, 3.63) is 0 Å². The molecule has 0 amide bonds. The molecule has 0 radical (unpaired) electrons. The average molecular weight is 271 g/mol. The fraction of sp³-hybridized carbons (Fsp3) is 0.875. The number of carbonyl (C=O) groups excluding carboxylic acids is 1. The fourth-order valence-corrected chi connectivity index (χ4v) is 2.24.